The summed E-state index contributed by atoms with van der Waals surface area (Å²) in [4.78, 5) is 22.1. The fourth-order valence-electron chi connectivity index (χ4n) is 4.76. The number of alkyl halides is 3. The maximum atomic E-state index is 10.6. The van der Waals surface area contributed by atoms with Crippen molar-refractivity contribution in [1.82, 2.24) is 20.3 Å². The maximum absolute atomic E-state index is 10.6. The van der Waals surface area contributed by atoms with Crippen LogP contribution in [0.25, 0.3) is 0 Å². The quantitative estimate of drug-likeness (QED) is 0.620. The van der Waals surface area contributed by atoms with Gasteiger partial charge in [0.1, 0.15) is 0 Å². The molecule has 2 fully saturated rings. The Bertz CT molecular complexity index is 878. The van der Waals surface area contributed by atoms with Crippen molar-refractivity contribution >= 4 is 5.97 Å². The minimum Gasteiger partial charge on any atom is -0.475 e. The van der Waals surface area contributed by atoms with E-state index in [1.54, 1.807) is 12.4 Å². The van der Waals surface area contributed by atoms with E-state index in [1.807, 2.05) is 18.5 Å². The van der Waals surface area contributed by atoms with Crippen LogP contribution in [0.4, 0.5) is 13.2 Å². The molecule has 2 N–H and O–H groups in total. The van der Waals surface area contributed by atoms with E-state index >= 15 is 0 Å². The average Bonchev–Trinajstić information content (AvgIpc) is 3.25. The van der Waals surface area contributed by atoms with Gasteiger partial charge in [0.15, 0.2) is 0 Å². The Morgan fingerprint density at radius 2 is 1.88 bits per heavy atom. The van der Waals surface area contributed by atoms with E-state index in [4.69, 9.17) is 19.6 Å². The third-order valence-corrected chi connectivity index (χ3v) is 6.32. The van der Waals surface area contributed by atoms with Gasteiger partial charge in [0.25, 0.3) is 0 Å². The molecule has 33 heavy (non-hydrogen) atoms. The number of carbonyl (C=O) groups is 1. The monoisotopic (exact) mass is 466 g/mol. The molecule has 0 radical (unpaired) electrons. The predicted molar refractivity (Wildman–Crippen MR) is 114 cm³/mol. The van der Waals surface area contributed by atoms with E-state index in [0.29, 0.717) is 0 Å². The number of nitrogens with one attached hydrogen (secondary N) is 1. The fraction of sp³-hybridized carbons (Fsp3) is 0.565. The molecule has 0 unspecified atom stereocenters. The molecule has 1 aliphatic carbocycles. The van der Waals surface area contributed by atoms with E-state index in [0.717, 1.165) is 44.7 Å². The van der Waals surface area contributed by atoms with E-state index in [-0.39, 0.29) is 11.0 Å². The second-order valence-electron chi connectivity index (χ2n) is 8.59. The molecule has 7 nitrogen and oxygen atoms in total. The standard InChI is InChI=1S/C21H28N4O.C2HF3O2/c1-4-10-25-19(5-1)20(8-11-22-15-18-16-23-12-13-24-18)9-14-26-21(17-20)6-2-3-7-21;3-2(4,5)1(6)7/h1,4-5,10,12-13,16,22H,2-3,6-9,11,14-15,17H2;(H,6,7)/t20-;/m1./s1. The highest BCUT2D eigenvalue weighted by Gasteiger charge is 2.48. The van der Waals surface area contributed by atoms with E-state index in [2.05, 4.69) is 27.4 Å². The van der Waals surface area contributed by atoms with Gasteiger partial charge >= 0.3 is 12.1 Å². The van der Waals surface area contributed by atoms with E-state index in [1.165, 1.54) is 31.4 Å². The van der Waals surface area contributed by atoms with Crippen LogP contribution in [-0.2, 0) is 21.5 Å². The SMILES string of the molecule is O=C(O)C(F)(F)F.c1ccc([C@]2(CCNCc3cnccn3)CCOC3(CCCC3)C2)nc1. The summed E-state index contributed by atoms with van der Waals surface area (Å²) in [6.45, 7) is 2.55. The number of pyridine rings is 1. The molecule has 3 heterocycles. The first-order valence-electron chi connectivity index (χ1n) is 11.1. The number of carboxylic acids is 1. The van der Waals surface area contributed by atoms with Gasteiger partial charge in [-0.05, 0) is 50.8 Å². The molecule has 1 aliphatic heterocycles. The molecular formula is C23H29F3N4O3. The van der Waals surface area contributed by atoms with Crippen LogP contribution < -0.4 is 5.32 Å². The van der Waals surface area contributed by atoms with Crippen molar-refractivity contribution < 1.29 is 27.8 Å². The number of ether oxygens (including phenoxy) is 1. The smallest absolute Gasteiger partial charge is 0.475 e. The average molecular weight is 467 g/mol. The highest BCUT2D eigenvalue weighted by molar-refractivity contribution is 5.73. The Balaban J connectivity index is 0.000000383. The zero-order valence-electron chi connectivity index (χ0n) is 18.4. The Kier molecular flexibility index (Phi) is 8.36. The Labute approximate surface area is 190 Å². The van der Waals surface area contributed by atoms with E-state index < -0.39 is 12.1 Å². The zero-order valence-corrected chi connectivity index (χ0v) is 18.4. The summed E-state index contributed by atoms with van der Waals surface area (Å²) >= 11 is 0. The predicted octanol–water partition coefficient (Wildman–Crippen LogP) is 4.05. The van der Waals surface area contributed by atoms with Gasteiger partial charge in [-0.2, -0.15) is 13.2 Å². The number of halogens is 3. The summed E-state index contributed by atoms with van der Waals surface area (Å²) in [5.41, 5.74) is 2.41. The van der Waals surface area contributed by atoms with Gasteiger partial charge in [0.2, 0.25) is 0 Å². The van der Waals surface area contributed by atoms with Crippen LogP contribution in [0.15, 0.2) is 43.0 Å². The lowest BCUT2D eigenvalue weighted by Gasteiger charge is -2.46. The topological polar surface area (TPSA) is 97.2 Å². The Morgan fingerprint density at radius 1 is 1.12 bits per heavy atom. The fourth-order valence-corrected chi connectivity index (χ4v) is 4.76. The molecule has 1 atom stereocenters. The van der Waals surface area contributed by atoms with Crippen molar-refractivity contribution in [2.24, 2.45) is 0 Å². The summed E-state index contributed by atoms with van der Waals surface area (Å²) in [5, 5.41) is 10.7. The lowest BCUT2D eigenvalue weighted by molar-refractivity contribution is -0.192. The van der Waals surface area contributed by atoms with Gasteiger partial charge < -0.3 is 15.2 Å². The first kappa shape index (κ1) is 25.0. The molecule has 2 aromatic heterocycles. The first-order chi connectivity index (χ1) is 15.7. The van der Waals surface area contributed by atoms with Crippen molar-refractivity contribution in [1.29, 1.82) is 0 Å². The van der Waals surface area contributed by atoms with Crippen molar-refractivity contribution in [3.63, 3.8) is 0 Å². The number of hydrogen-bond acceptors (Lipinski definition) is 6. The van der Waals surface area contributed by atoms with Crippen molar-refractivity contribution in [3.05, 3.63) is 54.4 Å². The van der Waals surface area contributed by atoms with Gasteiger partial charge in [0, 0.05) is 49.0 Å². The van der Waals surface area contributed by atoms with Gasteiger partial charge in [-0.1, -0.05) is 18.9 Å². The summed E-state index contributed by atoms with van der Waals surface area (Å²) in [7, 11) is 0. The second kappa shape index (κ2) is 11.0. The molecule has 180 valence electrons. The summed E-state index contributed by atoms with van der Waals surface area (Å²) < 4.78 is 38.0. The number of carboxylic acid groups (broad SMARTS) is 1. The van der Waals surface area contributed by atoms with Gasteiger partial charge in [-0.15, -0.1) is 0 Å². The molecule has 10 heteroatoms. The van der Waals surface area contributed by atoms with Crippen molar-refractivity contribution in [3.8, 4) is 0 Å². The molecule has 1 saturated carbocycles. The highest BCUT2D eigenvalue weighted by atomic mass is 19.4. The van der Waals surface area contributed by atoms with Crippen LogP contribution in [-0.4, -0.2) is 51.0 Å². The first-order valence-corrected chi connectivity index (χ1v) is 11.1. The van der Waals surface area contributed by atoms with Crippen LogP contribution in [0.3, 0.4) is 0 Å². The molecule has 1 spiro atoms. The molecule has 4 rings (SSSR count). The summed E-state index contributed by atoms with van der Waals surface area (Å²) in [5.74, 6) is -2.76. The molecule has 0 aromatic carbocycles. The number of hydrogen-bond donors (Lipinski definition) is 2. The van der Waals surface area contributed by atoms with Crippen LogP contribution in [0.1, 0.15) is 56.3 Å². The molecule has 2 aromatic rings. The molecule has 0 bridgehead atoms. The number of aromatic nitrogens is 3. The molecule has 0 amide bonds. The van der Waals surface area contributed by atoms with Crippen molar-refractivity contribution in [2.45, 2.75) is 68.7 Å². The zero-order chi connectivity index (χ0) is 23.8. The van der Waals surface area contributed by atoms with Gasteiger partial charge in [-0.25, -0.2) is 4.79 Å². The summed E-state index contributed by atoms with van der Waals surface area (Å²) in [6, 6.07) is 6.33. The third kappa shape index (κ3) is 6.94. The van der Waals surface area contributed by atoms with Crippen LogP contribution in [0.5, 0.6) is 0 Å². The summed E-state index contributed by atoms with van der Waals surface area (Å²) in [6.07, 6.45) is 10.4. The number of nitrogens with zero attached hydrogens (tertiary/aromatic N) is 3. The van der Waals surface area contributed by atoms with Crippen LogP contribution in [0.2, 0.25) is 0 Å². The lowest BCUT2D eigenvalue weighted by Crippen LogP contribution is -2.47. The molecular weight excluding hydrogens is 437 g/mol. The molecule has 1 saturated heterocycles. The normalized spacial score (nSPS) is 21.9. The number of rotatable bonds is 6. The largest absolute Gasteiger partial charge is 0.490 e. The van der Waals surface area contributed by atoms with Gasteiger partial charge in [0.05, 0.1) is 11.3 Å². The molecule has 2 aliphatic rings. The Hall–Kier alpha value is -2.59. The lowest BCUT2D eigenvalue weighted by atomic mass is 9.68. The van der Waals surface area contributed by atoms with Crippen molar-refractivity contribution in [2.75, 3.05) is 13.2 Å². The minimum atomic E-state index is -5.08. The van der Waals surface area contributed by atoms with Gasteiger partial charge in [-0.3, -0.25) is 15.0 Å². The van der Waals surface area contributed by atoms with Crippen LogP contribution >= 0.6 is 0 Å². The minimum absolute atomic E-state index is 0.0840. The second-order valence-corrected chi connectivity index (χ2v) is 8.59. The Morgan fingerprint density at radius 3 is 2.48 bits per heavy atom. The third-order valence-electron chi connectivity index (χ3n) is 6.32. The number of aliphatic carboxylic acids is 1. The highest BCUT2D eigenvalue weighted by Crippen LogP contribution is 2.49. The maximum Gasteiger partial charge on any atom is 0.490 e. The van der Waals surface area contributed by atoms with E-state index in [9.17, 15) is 13.2 Å². The van der Waals surface area contributed by atoms with Crippen LogP contribution in [0, 0.1) is 0 Å².